The molecule has 0 aliphatic rings. The Hall–Kier alpha value is -4.72. The molecule has 5 N–H and O–H groups in total. The molecule has 4 aromatic rings. The fraction of sp³-hybridized carbons (Fsp3) is 0.0741. The predicted molar refractivity (Wildman–Crippen MR) is 139 cm³/mol. The lowest BCUT2D eigenvalue weighted by Crippen LogP contribution is -2.48. The molecule has 0 aliphatic heterocycles. The molecule has 4 rings (SSSR count). The largest absolute Gasteiger partial charge is 0.480 e. The molecule has 186 valence electrons. The summed E-state index contributed by atoms with van der Waals surface area (Å²) in [5.41, 5.74) is 7.12. The van der Waals surface area contributed by atoms with Crippen LogP contribution in [0.3, 0.4) is 0 Å². The van der Waals surface area contributed by atoms with Crippen LogP contribution in [-0.2, 0) is 14.6 Å². The third-order valence-corrected chi connectivity index (χ3v) is 7.59. The molecule has 0 saturated heterocycles. The molecule has 0 unspecified atom stereocenters. The van der Waals surface area contributed by atoms with E-state index in [1.165, 1.54) is 36.4 Å². The number of nitrogens with two attached hydrogens (primary N) is 2. The molecular weight excluding hydrogens is 492 g/mol. The minimum Gasteiger partial charge on any atom is -0.480 e. The van der Waals surface area contributed by atoms with Gasteiger partial charge in [-0.15, -0.1) is 0 Å². The smallest absolute Gasteiger partial charge is 0.324 e. The van der Waals surface area contributed by atoms with Gasteiger partial charge in [-0.1, -0.05) is 48.4 Å². The van der Waals surface area contributed by atoms with Crippen LogP contribution in [0.15, 0.2) is 89.8 Å². The Morgan fingerprint density at radius 2 is 1.59 bits per heavy atom. The van der Waals surface area contributed by atoms with Crippen LogP contribution >= 0.6 is 0 Å². The number of fused-ring (bicyclic) bond motifs is 1. The lowest BCUT2D eigenvalue weighted by Gasteiger charge is -2.21. The molecule has 1 amide bonds. The Kier molecular flexibility index (Phi) is 7.20. The molecule has 1 atom stereocenters. The van der Waals surface area contributed by atoms with E-state index in [0.717, 1.165) is 10.8 Å². The first-order valence-electron chi connectivity index (χ1n) is 11.0. The summed E-state index contributed by atoms with van der Waals surface area (Å²) in [7, 11) is -4.28. The molecule has 1 heterocycles. The van der Waals surface area contributed by atoms with Crippen molar-refractivity contribution in [3.05, 3.63) is 102 Å². The Morgan fingerprint density at radius 3 is 2.27 bits per heavy atom. The lowest BCUT2D eigenvalue weighted by molar-refractivity contribution is -0.136. The average Bonchev–Trinajstić information content (AvgIpc) is 2.90. The van der Waals surface area contributed by atoms with Crippen LogP contribution in [0.25, 0.3) is 10.8 Å². The summed E-state index contributed by atoms with van der Waals surface area (Å²) in [6.45, 7) is -0.735. The number of hydrogen-bond acceptors (Lipinski definition) is 7. The monoisotopic (exact) mass is 514 g/mol. The second-order valence-electron chi connectivity index (χ2n) is 8.09. The summed E-state index contributed by atoms with van der Waals surface area (Å²) in [4.78, 5) is 28.7. The van der Waals surface area contributed by atoms with Gasteiger partial charge in [0, 0.05) is 16.5 Å². The van der Waals surface area contributed by atoms with Crippen LogP contribution in [0.4, 0.5) is 5.82 Å². The van der Waals surface area contributed by atoms with Crippen molar-refractivity contribution >= 4 is 38.3 Å². The molecule has 0 fully saturated rings. The summed E-state index contributed by atoms with van der Waals surface area (Å²) < 4.78 is 25.6. The van der Waals surface area contributed by atoms with Gasteiger partial charge in [-0.25, -0.2) is 19.2 Å². The number of hydrogen-bond donors (Lipinski definition) is 3. The maximum Gasteiger partial charge on any atom is 0.324 e. The highest BCUT2D eigenvalue weighted by Crippen LogP contribution is 2.20. The minimum atomic E-state index is -4.28. The van der Waals surface area contributed by atoms with Gasteiger partial charge in [0.25, 0.3) is 5.91 Å². The highest BCUT2D eigenvalue weighted by molar-refractivity contribution is 7.92. The Bertz CT molecular complexity index is 1640. The zero-order valence-corrected chi connectivity index (χ0v) is 20.2. The van der Waals surface area contributed by atoms with Crippen LogP contribution < -0.4 is 11.6 Å². The van der Waals surface area contributed by atoms with E-state index in [9.17, 15) is 23.1 Å². The van der Waals surface area contributed by atoms with Crippen molar-refractivity contribution in [3.8, 4) is 11.8 Å². The zero-order valence-electron chi connectivity index (χ0n) is 19.4. The number of aromatic nitrogens is 1. The summed E-state index contributed by atoms with van der Waals surface area (Å²) in [6, 6.07) is 22.6. The van der Waals surface area contributed by atoms with Gasteiger partial charge in [-0.2, -0.15) is 0 Å². The van der Waals surface area contributed by atoms with E-state index in [4.69, 9.17) is 11.6 Å². The highest BCUT2D eigenvalue weighted by Gasteiger charge is 2.36. The van der Waals surface area contributed by atoms with Crippen molar-refractivity contribution in [1.82, 2.24) is 9.99 Å². The number of hydrazine groups is 1. The number of nitrogens with zero attached hydrogens (tertiary/aromatic N) is 2. The molecule has 0 spiro atoms. The molecule has 10 heteroatoms. The molecule has 9 nitrogen and oxygen atoms in total. The number of carboxylic acid groups (broad SMARTS) is 1. The fourth-order valence-electron chi connectivity index (χ4n) is 3.65. The number of pyridine rings is 1. The van der Waals surface area contributed by atoms with Crippen molar-refractivity contribution in [2.75, 3.05) is 12.3 Å². The van der Waals surface area contributed by atoms with Gasteiger partial charge in [-0.05, 0) is 53.8 Å². The van der Waals surface area contributed by atoms with Crippen LogP contribution in [0.5, 0.6) is 0 Å². The summed E-state index contributed by atoms with van der Waals surface area (Å²) in [6.07, 6.45) is 0. The number of benzene rings is 3. The number of aliphatic carboxylic acids is 1. The minimum absolute atomic E-state index is 0.141. The molecule has 0 bridgehead atoms. The molecular formula is C27H22N4O5S. The Balaban J connectivity index is 1.52. The van der Waals surface area contributed by atoms with Crippen LogP contribution in [0, 0.1) is 11.8 Å². The van der Waals surface area contributed by atoms with Crippen LogP contribution in [0.1, 0.15) is 21.6 Å². The number of carboxylic acids is 1. The van der Waals surface area contributed by atoms with E-state index in [1.54, 1.807) is 24.3 Å². The van der Waals surface area contributed by atoms with Crippen molar-refractivity contribution < 1.29 is 23.1 Å². The molecule has 1 aromatic heterocycles. The number of rotatable bonds is 6. The summed E-state index contributed by atoms with van der Waals surface area (Å²) in [5, 5.41) is 9.96. The maximum atomic E-state index is 12.8. The second kappa shape index (κ2) is 10.5. The molecule has 0 radical (unpaired) electrons. The van der Waals surface area contributed by atoms with Crippen molar-refractivity contribution in [2.45, 2.75) is 10.1 Å². The first-order chi connectivity index (χ1) is 17.7. The van der Waals surface area contributed by atoms with Crippen molar-refractivity contribution in [3.63, 3.8) is 0 Å². The number of anilines is 1. The quantitative estimate of drug-likeness (QED) is 0.153. The third kappa shape index (κ3) is 5.59. The molecule has 0 saturated carbocycles. The SMILES string of the molecule is Nc1cc2ccccc2c(C#Cc2ccc(C(=O)N(N)C[C@@H](C(=O)O)S(=O)(=O)c3ccccc3)cc2)n1. The average molecular weight is 515 g/mol. The fourth-order valence-corrected chi connectivity index (χ4v) is 5.14. The van der Waals surface area contributed by atoms with E-state index in [-0.39, 0.29) is 10.5 Å². The Labute approximate surface area is 213 Å². The Morgan fingerprint density at radius 1 is 0.946 bits per heavy atom. The van der Waals surface area contributed by atoms with E-state index in [0.29, 0.717) is 22.1 Å². The highest BCUT2D eigenvalue weighted by atomic mass is 32.2. The van der Waals surface area contributed by atoms with E-state index in [2.05, 4.69) is 16.8 Å². The zero-order chi connectivity index (χ0) is 26.6. The summed E-state index contributed by atoms with van der Waals surface area (Å²) >= 11 is 0. The van der Waals surface area contributed by atoms with Gasteiger partial charge in [0.05, 0.1) is 11.4 Å². The van der Waals surface area contributed by atoms with E-state index in [1.807, 2.05) is 24.3 Å². The van der Waals surface area contributed by atoms with Gasteiger partial charge in [0.15, 0.2) is 15.1 Å². The van der Waals surface area contributed by atoms with E-state index < -0.39 is 33.5 Å². The van der Waals surface area contributed by atoms with Gasteiger partial charge in [0.1, 0.15) is 11.5 Å². The molecule has 0 aliphatic carbocycles. The number of sulfone groups is 1. The van der Waals surface area contributed by atoms with Gasteiger partial charge in [0.2, 0.25) is 0 Å². The van der Waals surface area contributed by atoms with Crippen LogP contribution in [-0.4, -0.2) is 47.2 Å². The normalized spacial score (nSPS) is 11.8. The first-order valence-corrected chi connectivity index (χ1v) is 12.6. The van der Waals surface area contributed by atoms with Crippen molar-refractivity contribution in [1.29, 1.82) is 0 Å². The second-order valence-corrected chi connectivity index (χ2v) is 10.2. The van der Waals surface area contributed by atoms with Gasteiger partial charge < -0.3 is 10.8 Å². The molecule has 37 heavy (non-hydrogen) atoms. The maximum absolute atomic E-state index is 12.8. The molecule has 3 aromatic carbocycles. The number of carbonyl (C=O) groups is 2. The van der Waals surface area contributed by atoms with Crippen LogP contribution in [0.2, 0.25) is 0 Å². The van der Waals surface area contributed by atoms with Gasteiger partial charge >= 0.3 is 5.97 Å². The number of amides is 1. The third-order valence-electron chi connectivity index (χ3n) is 5.56. The van der Waals surface area contributed by atoms with Gasteiger partial charge in [-0.3, -0.25) is 14.6 Å². The van der Waals surface area contributed by atoms with Crippen molar-refractivity contribution in [2.24, 2.45) is 5.84 Å². The summed E-state index contributed by atoms with van der Waals surface area (Å²) in [5.74, 6) is 9.78. The predicted octanol–water partition coefficient (Wildman–Crippen LogP) is 2.46. The first kappa shape index (κ1) is 25.4. The van der Waals surface area contributed by atoms with E-state index >= 15 is 0 Å². The lowest BCUT2D eigenvalue weighted by atomic mass is 10.1. The number of nitrogen functional groups attached to an aromatic ring is 1. The topological polar surface area (TPSA) is 157 Å². The number of carbonyl (C=O) groups excluding carboxylic acids is 1. The standard InChI is InChI=1S/C27H22N4O5S/c28-25-16-20-6-4-5-9-22(20)23(30-25)15-12-18-10-13-19(14-11-18)26(32)31(29)17-24(27(33)34)37(35,36)21-7-2-1-3-8-21/h1-11,13-14,16,24H,17,29H2,(H2,28,30)(H,33,34)/t24-/m0/s1.